The van der Waals surface area contributed by atoms with Gasteiger partial charge in [-0.05, 0) is 54.4 Å². The molecule has 18 heavy (non-hydrogen) atoms. The fourth-order valence-electron chi connectivity index (χ4n) is 2.32. The molecule has 4 heteroatoms. The molecular weight excluding hydrogens is 226 g/mol. The molecule has 0 aromatic carbocycles. The molecule has 1 fully saturated rings. The summed E-state index contributed by atoms with van der Waals surface area (Å²) >= 11 is 0. The monoisotopic (exact) mass is 249 g/mol. The predicted octanol–water partition coefficient (Wildman–Crippen LogP) is 3.01. The molecule has 0 bridgehead atoms. The van der Waals surface area contributed by atoms with Gasteiger partial charge in [-0.25, -0.2) is 0 Å². The zero-order chi connectivity index (χ0) is 14.2. The lowest BCUT2D eigenvalue weighted by molar-refractivity contribution is -0.272. The van der Waals surface area contributed by atoms with E-state index >= 15 is 0 Å². The van der Waals surface area contributed by atoms with Gasteiger partial charge in [-0.1, -0.05) is 0 Å². The summed E-state index contributed by atoms with van der Waals surface area (Å²) in [7, 11) is 0. The molecule has 4 nitrogen and oxygen atoms in total. The van der Waals surface area contributed by atoms with Gasteiger partial charge in [-0.15, -0.1) is 0 Å². The first-order chi connectivity index (χ1) is 8.06. The van der Waals surface area contributed by atoms with Gasteiger partial charge >= 0.3 is 0 Å². The van der Waals surface area contributed by atoms with Crippen LogP contribution in [0.2, 0.25) is 0 Å². The molecule has 1 saturated heterocycles. The van der Waals surface area contributed by atoms with E-state index in [9.17, 15) is 5.26 Å². The number of hydrogen-bond donors (Lipinski definition) is 0. The zero-order valence-electron chi connectivity index (χ0n) is 12.2. The maximum Gasteiger partial charge on any atom is 0.170 e. The molecule has 100 valence electrons. The Balaban J connectivity index is 3.03. The SMILES string of the molecule is CC(C)(C#N)ON1C(C(C)(C)C#N)CCC1(C)C. The van der Waals surface area contributed by atoms with Crippen molar-refractivity contribution >= 4 is 0 Å². The first-order valence-electron chi connectivity index (χ1n) is 6.37. The molecule has 0 amide bonds. The van der Waals surface area contributed by atoms with Gasteiger partial charge in [0.2, 0.25) is 0 Å². The van der Waals surface area contributed by atoms with Crippen LogP contribution in [0.1, 0.15) is 54.4 Å². The van der Waals surface area contributed by atoms with Crippen molar-refractivity contribution in [1.82, 2.24) is 5.06 Å². The van der Waals surface area contributed by atoms with Crippen LogP contribution in [0.4, 0.5) is 0 Å². The van der Waals surface area contributed by atoms with E-state index in [0.717, 1.165) is 12.8 Å². The van der Waals surface area contributed by atoms with E-state index < -0.39 is 11.0 Å². The van der Waals surface area contributed by atoms with Crippen molar-refractivity contribution < 1.29 is 4.84 Å². The summed E-state index contributed by atoms with van der Waals surface area (Å²) in [4.78, 5) is 5.89. The lowest BCUT2D eigenvalue weighted by Crippen LogP contribution is -2.51. The van der Waals surface area contributed by atoms with Crippen LogP contribution in [-0.2, 0) is 4.84 Å². The van der Waals surface area contributed by atoms with Crippen LogP contribution in [0, 0.1) is 28.1 Å². The van der Waals surface area contributed by atoms with Gasteiger partial charge in [0.25, 0.3) is 0 Å². The second-order valence-electron chi connectivity index (χ2n) is 6.74. The van der Waals surface area contributed by atoms with Crippen LogP contribution < -0.4 is 0 Å². The number of rotatable bonds is 3. The molecule has 0 radical (unpaired) electrons. The fourth-order valence-corrected chi connectivity index (χ4v) is 2.32. The molecule has 0 N–H and O–H groups in total. The lowest BCUT2D eigenvalue weighted by atomic mass is 9.85. The largest absolute Gasteiger partial charge is 0.277 e. The first-order valence-corrected chi connectivity index (χ1v) is 6.37. The highest BCUT2D eigenvalue weighted by Crippen LogP contribution is 2.42. The van der Waals surface area contributed by atoms with Gasteiger partial charge in [0.05, 0.1) is 23.6 Å². The molecular formula is C14H23N3O. The third kappa shape index (κ3) is 2.83. The van der Waals surface area contributed by atoms with E-state index in [2.05, 4.69) is 26.0 Å². The standard InChI is InChI=1S/C14H23N3O/c1-12(2,9-15)11-7-8-13(3,4)17(11)18-14(5,6)10-16/h11H,7-8H2,1-6H3. The van der Waals surface area contributed by atoms with Crippen molar-refractivity contribution in [3.63, 3.8) is 0 Å². The van der Waals surface area contributed by atoms with Crippen molar-refractivity contribution in [2.45, 2.75) is 71.6 Å². The highest BCUT2D eigenvalue weighted by molar-refractivity contribution is 5.07. The molecule has 1 heterocycles. The molecule has 0 saturated carbocycles. The highest BCUT2D eigenvalue weighted by atomic mass is 16.7. The number of nitrogens with zero attached hydrogens (tertiary/aromatic N) is 3. The van der Waals surface area contributed by atoms with Crippen molar-refractivity contribution in [2.24, 2.45) is 5.41 Å². The fraction of sp³-hybridized carbons (Fsp3) is 0.857. The predicted molar refractivity (Wildman–Crippen MR) is 69.1 cm³/mol. The summed E-state index contributed by atoms with van der Waals surface area (Å²) in [5.74, 6) is 0. The maximum absolute atomic E-state index is 9.30. The van der Waals surface area contributed by atoms with Crippen molar-refractivity contribution in [1.29, 1.82) is 10.5 Å². The number of nitriles is 2. The molecule has 1 aliphatic rings. The van der Waals surface area contributed by atoms with Crippen LogP contribution >= 0.6 is 0 Å². The van der Waals surface area contributed by atoms with Gasteiger partial charge in [-0.2, -0.15) is 15.6 Å². The van der Waals surface area contributed by atoms with Crippen LogP contribution in [0.3, 0.4) is 0 Å². The Bertz CT molecular complexity index is 398. The van der Waals surface area contributed by atoms with Crippen LogP contribution in [0.15, 0.2) is 0 Å². The molecule has 0 aliphatic carbocycles. The van der Waals surface area contributed by atoms with Gasteiger partial charge in [0.1, 0.15) is 0 Å². The van der Waals surface area contributed by atoms with E-state index in [1.54, 1.807) is 13.8 Å². The summed E-state index contributed by atoms with van der Waals surface area (Å²) in [6.07, 6.45) is 1.87. The second kappa shape index (κ2) is 4.53. The molecule has 0 aromatic heterocycles. The Hall–Kier alpha value is -1.10. The molecule has 1 unspecified atom stereocenters. The second-order valence-corrected chi connectivity index (χ2v) is 6.74. The Morgan fingerprint density at radius 1 is 1.17 bits per heavy atom. The van der Waals surface area contributed by atoms with Crippen LogP contribution in [0.5, 0.6) is 0 Å². The van der Waals surface area contributed by atoms with Gasteiger partial charge in [0, 0.05) is 5.54 Å². The number of hydroxylamine groups is 2. The maximum atomic E-state index is 9.30. The average Bonchev–Trinajstić information content (AvgIpc) is 2.55. The third-order valence-corrected chi connectivity index (χ3v) is 3.63. The van der Waals surface area contributed by atoms with Gasteiger partial charge < -0.3 is 0 Å². The molecule has 1 aliphatic heterocycles. The summed E-state index contributed by atoms with van der Waals surface area (Å²) < 4.78 is 0. The van der Waals surface area contributed by atoms with E-state index in [1.807, 2.05) is 18.9 Å². The Morgan fingerprint density at radius 2 is 1.72 bits per heavy atom. The average molecular weight is 249 g/mol. The third-order valence-electron chi connectivity index (χ3n) is 3.63. The molecule has 1 atom stereocenters. The molecule has 0 spiro atoms. The topological polar surface area (TPSA) is 60.0 Å². The van der Waals surface area contributed by atoms with Gasteiger partial charge in [0.15, 0.2) is 5.60 Å². The smallest absolute Gasteiger partial charge is 0.170 e. The van der Waals surface area contributed by atoms with Crippen LogP contribution in [0.25, 0.3) is 0 Å². The Labute approximate surface area is 110 Å². The summed E-state index contributed by atoms with van der Waals surface area (Å²) in [5.41, 5.74) is -1.50. The summed E-state index contributed by atoms with van der Waals surface area (Å²) in [6.45, 7) is 11.5. The van der Waals surface area contributed by atoms with Crippen LogP contribution in [-0.4, -0.2) is 22.2 Å². The minimum absolute atomic E-state index is 0.0186. The quantitative estimate of drug-likeness (QED) is 0.771. The van der Waals surface area contributed by atoms with E-state index in [-0.39, 0.29) is 11.6 Å². The first kappa shape index (κ1) is 15.0. The minimum atomic E-state index is -0.870. The Morgan fingerprint density at radius 3 is 2.17 bits per heavy atom. The van der Waals surface area contributed by atoms with Gasteiger partial charge in [-0.3, -0.25) is 4.84 Å². The van der Waals surface area contributed by atoms with Crippen molar-refractivity contribution in [3.8, 4) is 12.1 Å². The van der Waals surface area contributed by atoms with E-state index in [4.69, 9.17) is 10.1 Å². The minimum Gasteiger partial charge on any atom is -0.277 e. The highest BCUT2D eigenvalue weighted by Gasteiger charge is 2.49. The normalized spacial score (nSPS) is 24.6. The molecule has 1 rings (SSSR count). The van der Waals surface area contributed by atoms with E-state index in [0.29, 0.717) is 0 Å². The lowest BCUT2D eigenvalue weighted by Gasteiger charge is -2.41. The van der Waals surface area contributed by atoms with Crippen molar-refractivity contribution in [2.75, 3.05) is 0 Å². The molecule has 0 aromatic rings. The van der Waals surface area contributed by atoms with E-state index in [1.165, 1.54) is 0 Å². The zero-order valence-corrected chi connectivity index (χ0v) is 12.2. The summed E-state index contributed by atoms with van der Waals surface area (Å²) in [5, 5.41) is 20.3. The van der Waals surface area contributed by atoms with Crippen molar-refractivity contribution in [3.05, 3.63) is 0 Å². The Kier molecular flexibility index (Phi) is 3.77. The summed E-state index contributed by atoms with van der Waals surface area (Å²) in [6, 6.07) is 4.52. The number of hydrogen-bond acceptors (Lipinski definition) is 4.